The van der Waals surface area contributed by atoms with Crippen molar-refractivity contribution in [2.45, 2.75) is 0 Å². The van der Waals surface area contributed by atoms with Crippen LogP contribution in [0.25, 0.3) is 6.08 Å². The lowest BCUT2D eigenvalue weighted by Crippen LogP contribution is -2.54. The van der Waals surface area contributed by atoms with E-state index < -0.39 is 17.8 Å². The van der Waals surface area contributed by atoms with Gasteiger partial charge in [0.2, 0.25) is 6.79 Å². The Balaban J connectivity index is 1.76. The Hall–Kier alpha value is -3.28. The molecule has 0 radical (unpaired) electrons. The molecule has 0 bridgehead atoms. The minimum Gasteiger partial charge on any atom is -0.504 e. The number of amides is 4. The van der Waals surface area contributed by atoms with Gasteiger partial charge in [0.25, 0.3) is 11.8 Å². The van der Waals surface area contributed by atoms with Gasteiger partial charge in [-0.05, 0) is 52.9 Å². The molecule has 4 amide bonds. The lowest BCUT2D eigenvalue weighted by atomic mass is 10.1. The highest BCUT2D eigenvalue weighted by molar-refractivity contribution is 14.1. The van der Waals surface area contributed by atoms with Gasteiger partial charge in [-0.2, -0.15) is 0 Å². The number of nitrogens with zero attached hydrogens (tertiary/aromatic N) is 1. The third-order valence-corrected chi connectivity index (χ3v) is 4.93. The molecule has 0 saturated carbocycles. The Morgan fingerprint density at radius 2 is 1.93 bits per heavy atom. The number of halogens is 1. The maximum Gasteiger partial charge on any atom is 0.335 e. The number of hydrogen-bond donors (Lipinski definition) is 2. The summed E-state index contributed by atoms with van der Waals surface area (Å²) in [5, 5.41) is 12.5. The normalized spacial score (nSPS) is 17.0. The van der Waals surface area contributed by atoms with E-state index in [1.54, 1.807) is 18.2 Å². The number of hydrogen-bond acceptors (Lipinski definition) is 7. The molecule has 2 aromatic carbocycles. The zero-order valence-corrected chi connectivity index (χ0v) is 17.1. The number of anilines is 1. The summed E-state index contributed by atoms with van der Waals surface area (Å²) in [7, 11) is 1.39. The topological polar surface area (TPSA) is 114 Å². The van der Waals surface area contributed by atoms with E-state index in [-0.39, 0.29) is 35.1 Å². The number of phenols is 1. The third kappa shape index (κ3) is 3.35. The molecule has 0 aromatic heterocycles. The number of benzene rings is 2. The van der Waals surface area contributed by atoms with Crippen LogP contribution in [-0.4, -0.2) is 36.9 Å². The van der Waals surface area contributed by atoms with Crippen molar-refractivity contribution < 1.29 is 33.7 Å². The largest absolute Gasteiger partial charge is 0.504 e. The molecule has 1 saturated heterocycles. The van der Waals surface area contributed by atoms with Gasteiger partial charge in [0.15, 0.2) is 23.0 Å². The highest BCUT2D eigenvalue weighted by Crippen LogP contribution is 2.37. The number of aromatic hydroxyl groups is 1. The molecule has 9 nitrogen and oxygen atoms in total. The van der Waals surface area contributed by atoms with E-state index in [0.29, 0.717) is 11.5 Å². The summed E-state index contributed by atoms with van der Waals surface area (Å²) in [6.45, 7) is 0.0380. The van der Waals surface area contributed by atoms with E-state index in [4.69, 9.17) is 14.2 Å². The van der Waals surface area contributed by atoms with Crippen LogP contribution in [-0.2, 0) is 9.59 Å². The number of urea groups is 1. The Bertz CT molecular complexity index is 1100. The van der Waals surface area contributed by atoms with E-state index in [9.17, 15) is 19.5 Å². The van der Waals surface area contributed by atoms with Crippen molar-refractivity contribution >= 4 is 52.2 Å². The minimum absolute atomic E-state index is 0.0380. The molecule has 4 rings (SSSR count). The molecule has 0 unspecified atom stereocenters. The van der Waals surface area contributed by atoms with Crippen LogP contribution in [0.5, 0.6) is 23.0 Å². The lowest BCUT2D eigenvalue weighted by molar-refractivity contribution is -0.122. The second-order valence-corrected chi connectivity index (χ2v) is 7.29. The van der Waals surface area contributed by atoms with Crippen molar-refractivity contribution in [2.24, 2.45) is 0 Å². The first-order valence-electron chi connectivity index (χ1n) is 8.26. The summed E-state index contributed by atoms with van der Waals surface area (Å²) >= 11 is 2.01. The average Bonchev–Trinajstić information content (AvgIpc) is 3.15. The van der Waals surface area contributed by atoms with Crippen LogP contribution in [0.3, 0.4) is 0 Å². The van der Waals surface area contributed by atoms with Gasteiger partial charge in [0.1, 0.15) is 5.57 Å². The van der Waals surface area contributed by atoms with Crippen LogP contribution in [0.1, 0.15) is 5.56 Å². The van der Waals surface area contributed by atoms with Gasteiger partial charge in [-0.1, -0.05) is 0 Å². The summed E-state index contributed by atoms with van der Waals surface area (Å²) in [5.74, 6) is -0.875. The number of phenolic OH excluding ortho intramolecular Hbond substituents is 1. The van der Waals surface area contributed by atoms with Crippen molar-refractivity contribution in [1.82, 2.24) is 5.32 Å². The van der Waals surface area contributed by atoms with E-state index in [0.717, 1.165) is 8.47 Å². The number of ether oxygens (including phenoxy) is 3. The highest BCUT2D eigenvalue weighted by atomic mass is 127. The Morgan fingerprint density at radius 1 is 1.17 bits per heavy atom. The molecule has 2 N–H and O–H groups in total. The zero-order chi connectivity index (χ0) is 20.7. The average molecular weight is 508 g/mol. The molecule has 1 fully saturated rings. The molecule has 29 heavy (non-hydrogen) atoms. The van der Waals surface area contributed by atoms with Crippen molar-refractivity contribution in [2.75, 3.05) is 18.8 Å². The first-order valence-corrected chi connectivity index (χ1v) is 9.34. The van der Waals surface area contributed by atoms with Crippen LogP contribution in [0, 0.1) is 3.57 Å². The number of carbonyl (C=O) groups excluding carboxylic acids is 3. The molecular formula is C19H13IN2O7. The summed E-state index contributed by atoms with van der Waals surface area (Å²) in [4.78, 5) is 38.5. The quantitative estimate of drug-likeness (QED) is 0.372. The number of fused-ring (bicyclic) bond motifs is 1. The van der Waals surface area contributed by atoms with E-state index in [2.05, 4.69) is 5.32 Å². The maximum atomic E-state index is 13.0. The second-order valence-electron chi connectivity index (χ2n) is 6.04. The van der Waals surface area contributed by atoms with Gasteiger partial charge in [-0.15, -0.1) is 0 Å². The zero-order valence-electron chi connectivity index (χ0n) is 14.9. The number of imide groups is 2. The van der Waals surface area contributed by atoms with Gasteiger partial charge in [-0.25, -0.2) is 9.69 Å². The fourth-order valence-corrected chi connectivity index (χ4v) is 3.55. The van der Waals surface area contributed by atoms with Crippen LogP contribution < -0.4 is 24.4 Å². The lowest BCUT2D eigenvalue weighted by Gasteiger charge is -2.26. The number of barbiturate groups is 1. The molecule has 0 spiro atoms. The molecule has 2 aliphatic rings. The van der Waals surface area contributed by atoms with E-state index in [1.165, 1.54) is 25.3 Å². The van der Waals surface area contributed by atoms with Crippen molar-refractivity contribution in [1.29, 1.82) is 0 Å². The van der Waals surface area contributed by atoms with Crippen molar-refractivity contribution in [3.8, 4) is 23.0 Å². The van der Waals surface area contributed by atoms with Crippen molar-refractivity contribution in [3.63, 3.8) is 0 Å². The van der Waals surface area contributed by atoms with Gasteiger partial charge in [-0.3, -0.25) is 14.9 Å². The predicted octanol–water partition coefficient (Wildman–Crippen LogP) is 2.40. The molecule has 0 aliphatic carbocycles. The van der Waals surface area contributed by atoms with Crippen LogP contribution >= 0.6 is 22.6 Å². The van der Waals surface area contributed by atoms with Gasteiger partial charge >= 0.3 is 6.03 Å². The van der Waals surface area contributed by atoms with Gasteiger partial charge < -0.3 is 19.3 Å². The first kappa shape index (κ1) is 19.1. The fourth-order valence-electron chi connectivity index (χ4n) is 2.93. The summed E-state index contributed by atoms with van der Waals surface area (Å²) in [5.41, 5.74) is 0.0912. The van der Waals surface area contributed by atoms with Gasteiger partial charge in [0.05, 0.1) is 12.8 Å². The number of carbonyl (C=O) groups is 3. The number of nitrogens with one attached hydrogen (secondary N) is 1. The van der Waals surface area contributed by atoms with E-state index >= 15 is 0 Å². The predicted molar refractivity (Wildman–Crippen MR) is 109 cm³/mol. The molecule has 2 aromatic rings. The van der Waals surface area contributed by atoms with Crippen LogP contribution in [0.15, 0.2) is 35.9 Å². The monoisotopic (exact) mass is 508 g/mol. The first-order chi connectivity index (χ1) is 13.9. The van der Waals surface area contributed by atoms with E-state index in [1.807, 2.05) is 22.6 Å². The maximum absolute atomic E-state index is 13.0. The Kier molecular flexibility index (Phi) is 4.78. The standard InChI is InChI=1S/C19H13IN2O7/c1-27-15-6-10(20)4-9(16(15)23)5-12-17(24)21-19(26)22(18(12)25)11-2-3-13-14(7-11)29-8-28-13/h2-7,23H,8H2,1H3,(H,21,24,26). The molecule has 0 atom stereocenters. The molecule has 148 valence electrons. The minimum atomic E-state index is -0.888. The third-order valence-electron chi connectivity index (χ3n) is 4.30. The van der Waals surface area contributed by atoms with Crippen LogP contribution in [0.2, 0.25) is 0 Å². The molecule has 2 heterocycles. The SMILES string of the molecule is COc1cc(I)cc(C=C2C(=O)NC(=O)N(c3ccc4c(c3)OCO4)C2=O)c1O. The molecule has 2 aliphatic heterocycles. The summed E-state index contributed by atoms with van der Waals surface area (Å²) in [6, 6.07) is 6.83. The molecule has 10 heteroatoms. The smallest absolute Gasteiger partial charge is 0.335 e. The summed E-state index contributed by atoms with van der Waals surface area (Å²) < 4.78 is 16.3. The number of methoxy groups -OCH3 is 1. The second kappa shape index (κ2) is 7.28. The van der Waals surface area contributed by atoms with Crippen LogP contribution in [0.4, 0.5) is 10.5 Å². The fraction of sp³-hybridized carbons (Fsp3) is 0.105. The Morgan fingerprint density at radius 3 is 2.69 bits per heavy atom. The van der Waals surface area contributed by atoms with Crippen molar-refractivity contribution in [3.05, 3.63) is 45.0 Å². The Labute approximate surface area is 178 Å². The highest BCUT2D eigenvalue weighted by Gasteiger charge is 2.37. The van der Waals surface area contributed by atoms with Gasteiger partial charge in [0, 0.05) is 15.2 Å². The molecular weight excluding hydrogens is 495 g/mol. The summed E-state index contributed by atoms with van der Waals surface area (Å²) in [6.07, 6.45) is 1.21. The number of rotatable bonds is 3.